The number of hydrogen-bond acceptors (Lipinski definition) is 5. The molecule has 1 saturated heterocycles. The Bertz CT molecular complexity index is 561. The SMILES string of the molecule is C=Cc1cn([C@@H]2O[C@H](CO)[C@H]2CO)c(=O)[nH]c1=O. The summed E-state index contributed by atoms with van der Waals surface area (Å²) >= 11 is 0. The average Bonchev–Trinajstić information content (AvgIpc) is 2.31. The van der Waals surface area contributed by atoms with Crippen LogP contribution in [-0.2, 0) is 4.74 Å². The van der Waals surface area contributed by atoms with Crippen LogP contribution < -0.4 is 11.2 Å². The van der Waals surface area contributed by atoms with E-state index in [0.29, 0.717) is 0 Å². The summed E-state index contributed by atoms with van der Waals surface area (Å²) in [7, 11) is 0. The molecule has 0 amide bonds. The van der Waals surface area contributed by atoms with E-state index in [-0.39, 0.29) is 24.7 Å². The molecule has 0 aliphatic carbocycles. The first kappa shape index (κ1) is 12.7. The van der Waals surface area contributed by atoms with Crippen LogP contribution in [0.5, 0.6) is 0 Å². The molecule has 0 aromatic carbocycles. The fraction of sp³-hybridized carbons (Fsp3) is 0.455. The Morgan fingerprint density at radius 1 is 1.44 bits per heavy atom. The van der Waals surface area contributed by atoms with Crippen LogP contribution in [0.25, 0.3) is 6.08 Å². The van der Waals surface area contributed by atoms with Gasteiger partial charge in [0.1, 0.15) is 6.23 Å². The van der Waals surface area contributed by atoms with Gasteiger partial charge in [-0.25, -0.2) is 4.79 Å². The maximum Gasteiger partial charge on any atom is 0.330 e. The molecule has 0 unspecified atom stereocenters. The van der Waals surface area contributed by atoms with E-state index in [2.05, 4.69) is 11.6 Å². The molecule has 0 saturated carbocycles. The molecule has 0 radical (unpaired) electrons. The van der Waals surface area contributed by atoms with Gasteiger partial charge in [-0.05, 0) is 0 Å². The molecular formula is C11H14N2O5. The molecule has 3 atom stereocenters. The van der Waals surface area contributed by atoms with Crippen LogP contribution >= 0.6 is 0 Å². The summed E-state index contributed by atoms with van der Waals surface area (Å²) < 4.78 is 6.48. The van der Waals surface area contributed by atoms with E-state index in [1.54, 1.807) is 0 Å². The molecule has 2 heterocycles. The normalized spacial score (nSPS) is 26.7. The third-order valence-electron chi connectivity index (χ3n) is 3.04. The first-order chi connectivity index (χ1) is 8.62. The maximum atomic E-state index is 11.6. The van der Waals surface area contributed by atoms with Crippen LogP contribution in [0.15, 0.2) is 22.4 Å². The summed E-state index contributed by atoms with van der Waals surface area (Å²) in [4.78, 5) is 25.1. The minimum absolute atomic E-state index is 0.217. The van der Waals surface area contributed by atoms with Gasteiger partial charge in [-0.3, -0.25) is 14.3 Å². The van der Waals surface area contributed by atoms with Crippen LogP contribution in [0.2, 0.25) is 0 Å². The molecule has 98 valence electrons. The lowest BCUT2D eigenvalue weighted by atomic mass is 9.95. The molecule has 0 spiro atoms. The van der Waals surface area contributed by atoms with Gasteiger partial charge in [-0.1, -0.05) is 12.7 Å². The van der Waals surface area contributed by atoms with Gasteiger partial charge in [0.2, 0.25) is 0 Å². The van der Waals surface area contributed by atoms with Crippen molar-refractivity contribution in [2.45, 2.75) is 12.3 Å². The third-order valence-corrected chi connectivity index (χ3v) is 3.04. The van der Waals surface area contributed by atoms with Crippen molar-refractivity contribution in [3.8, 4) is 0 Å². The van der Waals surface area contributed by atoms with E-state index in [9.17, 15) is 14.7 Å². The van der Waals surface area contributed by atoms with Crippen molar-refractivity contribution in [3.05, 3.63) is 39.2 Å². The predicted molar refractivity (Wildman–Crippen MR) is 63.0 cm³/mol. The van der Waals surface area contributed by atoms with E-state index < -0.39 is 23.6 Å². The second-order valence-corrected chi connectivity index (χ2v) is 4.05. The van der Waals surface area contributed by atoms with Crippen molar-refractivity contribution in [1.82, 2.24) is 9.55 Å². The van der Waals surface area contributed by atoms with Crippen LogP contribution in [-0.4, -0.2) is 39.1 Å². The molecule has 1 aromatic rings. The Hall–Kier alpha value is -1.70. The lowest BCUT2D eigenvalue weighted by molar-refractivity contribution is -0.246. The highest BCUT2D eigenvalue weighted by molar-refractivity contribution is 5.43. The second kappa shape index (κ2) is 4.89. The molecular weight excluding hydrogens is 240 g/mol. The number of ether oxygens (including phenoxy) is 1. The quantitative estimate of drug-likeness (QED) is 0.618. The topological polar surface area (TPSA) is 105 Å². The third kappa shape index (κ3) is 1.92. The maximum absolute atomic E-state index is 11.6. The number of H-pyrrole nitrogens is 1. The molecule has 1 aromatic heterocycles. The molecule has 0 bridgehead atoms. The van der Waals surface area contributed by atoms with Crippen LogP contribution in [0, 0.1) is 5.92 Å². The van der Waals surface area contributed by atoms with Gasteiger partial charge < -0.3 is 14.9 Å². The van der Waals surface area contributed by atoms with Gasteiger partial charge in [0.05, 0.1) is 30.8 Å². The largest absolute Gasteiger partial charge is 0.396 e. The molecule has 7 heteroatoms. The Morgan fingerprint density at radius 2 is 2.17 bits per heavy atom. The highest BCUT2D eigenvalue weighted by Gasteiger charge is 2.43. The monoisotopic (exact) mass is 254 g/mol. The number of nitrogens with zero attached hydrogens (tertiary/aromatic N) is 1. The second-order valence-electron chi connectivity index (χ2n) is 4.05. The van der Waals surface area contributed by atoms with Gasteiger partial charge in [-0.2, -0.15) is 0 Å². The zero-order valence-corrected chi connectivity index (χ0v) is 9.57. The summed E-state index contributed by atoms with van der Waals surface area (Å²) in [5.74, 6) is -0.378. The number of hydrogen-bond donors (Lipinski definition) is 3. The zero-order chi connectivity index (χ0) is 13.3. The van der Waals surface area contributed by atoms with E-state index in [1.165, 1.54) is 16.8 Å². The van der Waals surface area contributed by atoms with Gasteiger partial charge in [0.25, 0.3) is 5.56 Å². The Labute approximate surface area is 102 Å². The van der Waals surface area contributed by atoms with Crippen LogP contribution in [0.1, 0.15) is 11.8 Å². The van der Waals surface area contributed by atoms with Gasteiger partial charge in [0, 0.05) is 6.20 Å². The number of aliphatic hydroxyl groups is 2. The van der Waals surface area contributed by atoms with E-state index in [0.717, 1.165) is 0 Å². The Morgan fingerprint density at radius 3 is 2.72 bits per heavy atom. The molecule has 3 N–H and O–H groups in total. The fourth-order valence-corrected chi connectivity index (χ4v) is 1.97. The minimum Gasteiger partial charge on any atom is -0.396 e. The lowest BCUT2D eigenvalue weighted by Gasteiger charge is -2.43. The van der Waals surface area contributed by atoms with Crippen molar-refractivity contribution >= 4 is 6.08 Å². The number of aromatic amines is 1. The van der Waals surface area contributed by atoms with E-state index in [4.69, 9.17) is 9.84 Å². The number of nitrogens with one attached hydrogen (secondary N) is 1. The average molecular weight is 254 g/mol. The van der Waals surface area contributed by atoms with Gasteiger partial charge in [0.15, 0.2) is 0 Å². The van der Waals surface area contributed by atoms with Crippen molar-refractivity contribution in [1.29, 1.82) is 0 Å². The van der Waals surface area contributed by atoms with Crippen LogP contribution in [0.3, 0.4) is 0 Å². The first-order valence-electron chi connectivity index (χ1n) is 5.47. The molecule has 1 aliphatic heterocycles. The molecule has 1 aliphatic rings. The first-order valence-corrected chi connectivity index (χ1v) is 5.47. The Kier molecular flexibility index (Phi) is 3.46. The van der Waals surface area contributed by atoms with Crippen LogP contribution in [0.4, 0.5) is 0 Å². The zero-order valence-electron chi connectivity index (χ0n) is 9.57. The molecule has 1 fully saturated rings. The van der Waals surface area contributed by atoms with E-state index in [1.807, 2.05) is 0 Å². The Balaban J connectivity index is 2.38. The number of aromatic nitrogens is 2. The highest BCUT2D eigenvalue weighted by atomic mass is 16.6. The smallest absolute Gasteiger partial charge is 0.330 e. The summed E-state index contributed by atoms with van der Waals surface area (Å²) in [6.07, 6.45) is 1.47. The predicted octanol–water partition coefficient (Wildman–Crippen LogP) is -1.32. The summed E-state index contributed by atoms with van der Waals surface area (Å²) in [5, 5.41) is 18.2. The lowest BCUT2D eigenvalue weighted by Crippen LogP contribution is -2.52. The fourth-order valence-electron chi connectivity index (χ4n) is 1.97. The standard InChI is InChI=1S/C11H14N2O5/c1-2-6-3-13(11(17)12-9(6)16)10-7(4-14)8(5-15)18-10/h2-3,7-8,10,14-15H,1,4-5H2,(H,12,16,17)/t7-,8-,10-/m1/s1. The number of rotatable bonds is 4. The van der Waals surface area contributed by atoms with Gasteiger partial charge in [-0.15, -0.1) is 0 Å². The summed E-state index contributed by atoms with van der Waals surface area (Å²) in [6.45, 7) is 3.03. The van der Waals surface area contributed by atoms with Crippen molar-refractivity contribution in [2.24, 2.45) is 5.92 Å². The minimum atomic E-state index is -0.685. The summed E-state index contributed by atoms with van der Waals surface area (Å²) in [6, 6.07) is 0. The highest BCUT2D eigenvalue weighted by Crippen LogP contribution is 2.35. The van der Waals surface area contributed by atoms with Crippen molar-refractivity contribution < 1.29 is 14.9 Å². The number of aliphatic hydroxyl groups excluding tert-OH is 2. The van der Waals surface area contributed by atoms with Gasteiger partial charge >= 0.3 is 5.69 Å². The van der Waals surface area contributed by atoms with E-state index >= 15 is 0 Å². The molecule has 18 heavy (non-hydrogen) atoms. The van der Waals surface area contributed by atoms with Crippen molar-refractivity contribution in [2.75, 3.05) is 13.2 Å². The molecule has 2 rings (SSSR count). The summed E-state index contributed by atoms with van der Waals surface area (Å²) in [5.41, 5.74) is -0.905. The van der Waals surface area contributed by atoms with Crippen molar-refractivity contribution in [3.63, 3.8) is 0 Å². The molecule has 7 nitrogen and oxygen atoms in total.